The molecule has 4 aromatic rings. The number of amides is 2. The molecule has 0 unspecified atom stereocenters. The molecular weight excluding hydrogens is 550 g/mol. The minimum atomic E-state index is -0.592. The van der Waals surface area contributed by atoms with Crippen LogP contribution in [-0.4, -0.2) is 23.4 Å². The van der Waals surface area contributed by atoms with Crippen LogP contribution in [0.15, 0.2) is 66.7 Å². The van der Waals surface area contributed by atoms with Crippen LogP contribution in [0.3, 0.4) is 0 Å². The lowest BCUT2D eigenvalue weighted by Gasteiger charge is -2.20. The molecule has 0 atom stereocenters. The molecule has 1 heterocycles. The average molecular weight is 605 g/mol. The summed E-state index contributed by atoms with van der Waals surface area (Å²) in [5.41, 5.74) is 2.80. The molecule has 7 nitrogen and oxygen atoms in total. The number of hydrogen-bond donors (Lipinski definition) is 2. The van der Waals surface area contributed by atoms with Crippen molar-refractivity contribution >= 4 is 45.2 Å². The lowest BCUT2D eigenvalue weighted by Crippen LogP contribution is -2.27. The minimum Gasteiger partial charge on any atom is -0.444 e. The number of nitrogens with one attached hydrogen (secondary N) is 3. The molecule has 0 saturated heterocycles. The monoisotopic (exact) mass is 604 g/mol. The van der Waals surface area contributed by atoms with E-state index in [-0.39, 0.29) is 0 Å². The summed E-state index contributed by atoms with van der Waals surface area (Å²) in [7, 11) is 0. The summed E-state index contributed by atoms with van der Waals surface area (Å²) >= 11 is 0. The van der Waals surface area contributed by atoms with Gasteiger partial charge in [0.2, 0.25) is 11.2 Å². The first-order valence-corrected chi connectivity index (χ1v) is 15.8. The number of hydrogen-bond acceptors (Lipinski definition) is 4. The Hall–Kier alpha value is -4.13. The van der Waals surface area contributed by atoms with Gasteiger partial charge in [-0.1, -0.05) is 78.6 Å². The third-order valence-corrected chi connectivity index (χ3v) is 5.71. The van der Waals surface area contributed by atoms with E-state index in [0.717, 1.165) is 32.9 Å². The molecule has 4 rings (SSSR count). The number of benzene rings is 3. The van der Waals surface area contributed by atoms with E-state index in [0.29, 0.717) is 11.4 Å². The van der Waals surface area contributed by atoms with Crippen molar-refractivity contribution in [3.63, 3.8) is 0 Å². The van der Waals surface area contributed by atoms with Crippen molar-refractivity contribution in [3.05, 3.63) is 66.7 Å². The van der Waals surface area contributed by atoms with E-state index in [1.54, 1.807) is 0 Å². The molecule has 0 fully saturated rings. The number of aromatic amines is 1. The Morgan fingerprint density at radius 1 is 0.636 bits per heavy atom. The van der Waals surface area contributed by atoms with E-state index in [9.17, 15) is 9.59 Å². The van der Waals surface area contributed by atoms with Crippen molar-refractivity contribution in [1.29, 1.82) is 0 Å². The van der Waals surface area contributed by atoms with E-state index < -0.39 is 23.4 Å². The second-order valence-electron chi connectivity index (χ2n) is 11.6. The first kappa shape index (κ1) is 37.9. The fraction of sp³-hybridized carbons (Fsp3) is 0.432. The number of carbonyl (C=O) groups is 2. The highest BCUT2D eigenvalue weighted by Crippen LogP contribution is 2.33. The molecule has 3 aromatic carbocycles. The molecule has 240 valence electrons. The Morgan fingerprint density at radius 2 is 1.09 bits per heavy atom. The van der Waals surface area contributed by atoms with E-state index >= 15 is 0 Å². The number of fused-ring (bicyclic) bond motifs is 3. The molecule has 0 bridgehead atoms. The van der Waals surface area contributed by atoms with Crippen molar-refractivity contribution in [2.45, 2.75) is 107 Å². The molecule has 0 radical (unpaired) electrons. The molecule has 7 heteroatoms. The van der Waals surface area contributed by atoms with Crippen LogP contribution in [0.25, 0.3) is 32.9 Å². The van der Waals surface area contributed by atoms with Crippen LogP contribution in [0.4, 0.5) is 21.0 Å². The number of ether oxygens (including phenoxy) is 2. The molecule has 0 saturated carbocycles. The van der Waals surface area contributed by atoms with Crippen LogP contribution < -0.4 is 15.6 Å². The van der Waals surface area contributed by atoms with E-state index in [1.165, 1.54) is 12.8 Å². The summed E-state index contributed by atoms with van der Waals surface area (Å²) in [6.07, 6.45) is 1.62. The number of unbranched alkanes of at least 4 members (excludes halogenated alkanes) is 1. The minimum absolute atomic E-state index is 0.509. The molecule has 3 N–H and O–H groups in total. The Bertz CT molecular complexity index is 1470. The zero-order valence-electron chi connectivity index (χ0n) is 28.9. The Balaban J connectivity index is 0.00000110. The second kappa shape index (κ2) is 17.9. The number of anilines is 2. The van der Waals surface area contributed by atoms with E-state index in [2.05, 4.69) is 29.5 Å². The Morgan fingerprint density at radius 3 is 1.55 bits per heavy atom. The zero-order valence-corrected chi connectivity index (χ0v) is 28.9. The zero-order chi connectivity index (χ0) is 33.5. The van der Waals surface area contributed by atoms with Gasteiger partial charge in [-0.3, -0.25) is 10.6 Å². The molecule has 2 amide bonds. The maximum atomic E-state index is 12.4. The predicted octanol–water partition coefficient (Wildman–Crippen LogP) is 11.0. The summed E-state index contributed by atoms with van der Waals surface area (Å²) < 4.78 is 10.8. The first-order valence-electron chi connectivity index (χ1n) is 15.8. The van der Waals surface area contributed by atoms with Gasteiger partial charge in [0, 0.05) is 22.7 Å². The van der Waals surface area contributed by atoms with Crippen LogP contribution in [0, 0.1) is 0 Å². The van der Waals surface area contributed by atoms with Crippen molar-refractivity contribution in [1.82, 2.24) is 0 Å². The van der Waals surface area contributed by atoms with Crippen LogP contribution in [0.2, 0.25) is 0 Å². The summed E-state index contributed by atoms with van der Waals surface area (Å²) in [6, 6.07) is 21.4. The standard InChI is InChI=1S/C29H31N3O4.C4H10.2C2H6/c1-28(2,3)35-26(33)30-19-12-14-21-22-15-13-20(31-27(34)36-29(4,5)6)17-24(22)32-25(23(21)16-19)18-10-8-7-9-11-18;1-3-4-2;2*1-2/h7-17H,1-6H3,(H,30,33)(H,31,34);3-4H2,1-2H3;2*1-2H3/p+1. The summed E-state index contributed by atoms with van der Waals surface area (Å²) in [5.74, 6) is 0. The van der Waals surface area contributed by atoms with Gasteiger partial charge in [0.25, 0.3) is 0 Å². The fourth-order valence-electron chi connectivity index (χ4n) is 3.90. The Labute approximate surface area is 264 Å². The fourth-order valence-corrected chi connectivity index (χ4v) is 3.90. The summed E-state index contributed by atoms with van der Waals surface area (Å²) in [6.45, 7) is 23.3. The molecule has 0 spiro atoms. The molecule has 1 aromatic heterocycles. The van der Waals surface area contributed by atoms with Gasteiger partial charge in [-0.05, 0) is 77.9 Å². The van der Waals surface area contributed by atoms with Gasteiger partial charge in [-0.25, -0.2) is 14.6 Å². The quantitative estimate of drug-likeness (QED) is 0.227. The van der Waals surface area contributed by atoms with Gasteiger partial charge in [0.05, 0.1) is 16.5 Å². The number of pyridine rings is 1. The van der Waals surface area contributed by atoms with Crippen molar-refractivity contribution < 1.29 is 24.0 Å². The van der Waals surface area contributed by atoms with Crippen molar-refractivity contribution in [3.8, 4) is 11.3 Å². The van der Waals surface area contributed by atoms with Gasteiger partial charge in [0.1, 0.15) is 11.2 Å². The van der Waals surface area contributed by atoms with Crippen LogP contribution in [-0.2, 0) is 9.47 Å². The van der Waals surface area contributed by atoms with Gasteiger partial charge < -0.3 is 9.47 Å². The molecule has 0 aliphatic carbocycles. The predicted molar refractivity (Wildman–Crippen MR) is 186 cm³/mol. The number of rotatable bonds is 4. The smallest absolute Gasteiger partial charge is 0.412 e. The SMILES string of the molecule is CC.CC.CC(C)(C)OC(=O)Nc1ccc2c(c1)[nH+]c(-c1ccccc1)c1cc(NC(=O)OC(C)(C)C)ccc12.CCCC. The van der Waals surface area contributed by atoms with Crippen LogP contribution in [0.1, 0.15) is 95.9 Å². The number of carbonyl (C=O) groups excluding carboxylic acids is 2. The first-order chi connectivity index (χ1) is 20.8. The largest absolute Gasteiger partial charge is 0.444 e. The third kappa shape index (κ3) is 12.2. The van der Waals surface area contributed by atoms with Gasteiger partial charge in [-0.15, -0.1) is 0 Å². The topological polar surface area (TPSA) is 90.8 Å². The van der Waals surface area contributed by atoms with E-state index in [1.807, 2.05) is 136 Å². The molecule has 0 aliphatic rings. The maximum Gasteiger partial charge on any atom is 0.412 e. The average Bonchev–Trinajstić information content (AvgIpc) is 2.97. The number of H-pyrrole nitrogens is 1. The lowest BCUT2D eigenvalue weighted by atomic mass is 9.99. The van der Waals surface area contributed by atoms with Gasteiger partial charge in [-0.2, -0.15) is 0 Å². The second-order valence-corrected chi connectivity index (χ2v) is 11.6. The van der Waals surface area contributed by atoms with Gasteiger partial charge >= 0.3 is 12.2 Å². The van der Waals surface area contributed by atoms with E-state index in [4.69, 9.17) is 9.47 Å². The highest BCUT2D eigenvalue weighted by Gasteiger charge is 2.21. The molecule has 44 heavy (non-hydrogen) atoms. The Kier molecular flexibility index (Phi) is 15.4. The van der Waals surface area contributed by atoms with Gasteiger partial charge in [0.15, 0.2) is 0 Å². The highest BCUT2D eigenvalue weighted by molar-refractivity contribution is 6.10. The molecule has 0 aliphatic heterocycles. The van der Waals surface area contributed by atoms with Crippen LogP contribution >= 0.6 is 0 Å². The summed E-state index contributed by atoms with van der Waals surface area (Å²) in [5, 5.41) is 8.55. The van der Waals surface area contributed by atoms with Crippen LogP contribution in [0.5, 0.6) is 0 Å². The number of aromatic nitrogens is 1. The normalized spacial score (nSPS) is 10.6. The summed E-state index contributed by atoms with van der Waals surface area (Å²) in [4.78, 5) is 28.2. The molecular formula is C37H54N3O4+. The van der Waals surface area contributed by atoms with Crippen molar-refractivity contribution in [2.24, 2.45) is 0 Å². The van der Waals surface area contributed by atoms with Crippen molar-refractivity contribution in [2.75, 3.05) is 10.6 Å². The third-order valence-electron chi connectivity index (χ3n) is 5.71. The maximum absolute atomic E-state index is 12.4. The lowest BCUT2D eigenvalue weighted by molar-refractivity contribution is -0.329. The highest BCUT2D eigenvalue weighted by atomic mass is 16.6.